The number of nitrogens with one attached hydrogen (secondary N) is 2. The first kappa shape index (κ1) is 17.7. The minimum atomic E-state index is -0.108. The summed E-state index contributed by atoms with van der Waals surface area (Å²) in [6, 6.07) is 8.11. The number of amides is 1. The molecule has 2 heterocycles. The van der Waals surface area contributed by atoms with Gasteiger partial charge in [0.05, 0.1) is 23.4 Å². The van der Waals surface area contributed by atoms with Gasteiger partial charge < -0.3 is 15.4 Å². The van der Waals surface area contributed by atoms with Gasteiger partial charge in [-0.2, -0.15) is 0 Å². The van der Waals surface area contributed by atoms with Gasteiger partial charge in [-0.25, -0.2) is 9.97 Å². The fourth-order valence-corrected chi connectivity index (χ4v) is 4.11. The van der Waals surface area contributed by atoms with Crippen LogP contribution in [0.1, 0.15) is 46.6 Å². The fourth-order valence-electron chi connectivity index (χ4n) is 3.06. The molecule has 0 bridgehead atoms. The molecule has 1 fully saturated rings. The van der Waals surface area contributed by atoms with Gasteiger partial charge in [0, 0.05) is 6.04 Å². The lowest BCUT2D eigenvalue weighted by atomic mass is 10.1. The number of hydrogen-bond donors (Lipinski definition) is 2. The average molecular weight is 382 g/mol. The van der Waals surface area contributed by atoms with Gasteiger partial charge in [0.25, 0.3) is 5.91 Å². The first-order chi connectivity index (χ1) is 13.1. The van der Waals surface area contributed by atoms with E-state index in [0.29, 0.717) is 10.9 Å². The summed E-state index contributed by atoms with van der Waals surface area (Å²) in [4.78, 5) is 23.2. The molecule has 3 aromatic rings. The zero-order valence-corrected chi connectivity index (χ0v) is 16.4. The van der Waals surface area contributed by atoms with Gasteiger partial charge in [0.15, 0.2) is 0 Å². The van der Waals surface area contributed by atoms with Gasteiger partial charge in [0.2, 0.25) is 0 Å². The van der Waals surface area contributed by atoms with E-state index in [0.717, 1.165) is 32.9 Å². The topological polar surface area (TPSA) is 76.1 Å². The maximum absolute atomic E-state index is 12.9. The number of methoxy groups -OCH3 is 1. The quantitative estimate of drug-likeness (QED) is 0.672. The maximum Gasteiger partial charge on any atom is 0.262 e. The highest BCUT2D eigenvalue weighted by Gasteiger charge is 2.25. The summed E-state index contributed by atoms with van der Waals surface area (Å²) in [7, 11) is 1.64. The third-order valence-corrected chi connectivity index (χ3v) is 6.01. The van der Waals surface area contributed by atoms with Crippen molar-refractivity contribution in [1.82, 2.24) is 15.3 Å². The van der Waals surface area contributed by atoms with Gasteiger partial charge in [-0.15, -0.1) is 11.3 Å². The predicted molar refractivity (Wildman–Crippen MR) is 108 cm³/mol. The lowest BCUT2D eigenvalue weighted by molar-refractivity contribution is 0.0943. The van der Waals surface area contributed by atoms with Crippen molar-refractivity contribution in [1.29, 1.82) is 0 Å². The number of thiophene rings is 1. The number of aryl methyl sites for hydroxylation is 1. The molecule has 140 valence electrons. The molecular weight excluding hydrogens is 360 g/mol. The Morgan fingerprint density at radius 2 is 2.00 bits per heavy atom. The summed E-state index contributed by atoms with van der Waals surface area (Å²) in [6.45, 7) is 3.94. The molecule has 1 aliphatic carbocycles. The molecule has 0 saturated heterocycles. The van der Waals surface area contributed by atoms with Crippen LogP contribution in [0.3, 0.4) is 0 Å². The van der Waals surface area contributed by atoms with Crippen molar-refractivity contribution in [3.63, 3.8) is 0 Å². The van der Waals surface area contributed by atoms with Gasteiger partial charge in [-0.1, -0.05) is 12.1 Å². The van der Waals surface area contributed by atoms with Crippen molar-refractivity contribution in [3.8, 4) is 5.75 Å². The summed E-state index contributed by atoms with van der Waals surface area (Å²) in [5.41, 5.74) is 1.96. The molecule has 1 aliphatic rings. The van der Waals surface area contributed by atoms with E-state index in [4.69, 9.17) is 4.74 Å². The van der Waals surface area contributed by atoms with Crippen molar-refractivity contribution in [2.75, 3.05) is 12.4 Å². The number of benzene rings is 1. The van der Waals surface area contributed by atoms with Crippen LogP contribution >= 0.6 is 11.3 Å². The van der Waals surface area contributed by atoms with Gasteiger partial charge in [-0.05, 0) is 49.9 Å². The Kier molecular flexibility index (Phi) is 4.70. The molecule has 7 heteroatoms. The van der Waals surface area contributed by atoms with Gasteiger partial charge >= 0.3 is 0 Å². The van der Waals surface area contributed by atoms with E-state index in [1.165, 1.54) is 24.2 Å². The maximum atomic E-state index is 12.9. The van der Waals surface area contributed by atoms with E-state index in [-0.39, 0.29) is 11.9 Å². The number of nitrogens with zero attached hydrogens (tertiary/aromatic N) is 2. The number of carbonyl (C=O) groups is 1. The standard InChI is InChI=1S/C20H22N4O2S/c1-11-16-18(24-14-6-7-14)21-10-22-20(16)27-17(11)19(25)23-12(2)13-4-8-15(26-3)9-5-13/h4-5,8-10,12,14H,6-7H2,1-3H3,(H,23,25)(H,21,22,24)/t12-/m0/s1. The number of hydrogen-bond acceptors (Lipinski definition) is 6. The van der Waals surface area contributed by atoms with Crippen LogP contribution in [0.5, 0.6) is 5.75 Å². The molecule has 0 radical (unpaired) electrons. The number of carbonyl (C=O) groups excluding carboxylic acids is 1. The summed E-state index contributed by atoms with van der Waals surface area (Å²) in [5, 5.41) is 7.48. The van der Waals surface area contributed by atoms with Crippen LogP contribution in [0.15, 0.2) is 30.6 Å². The number of rotatable bonds is 6. The summed E-state index contributed by atoms with van der Waals surface area (Å²) in [6.07, 6.45) is 3.90. The Morgan fingerprint density at radius 3 is 2.67 bits per heavy atom. The first-order valence-electron chi connectivity index (χ1n) is 9.02. The average Bonchev–Trinajstić information content (AvgIpc) is 3.43. The minimum Gasteiger partial charge on any atom is -0.497 e. The normalized spacial score (nSPS) is 14.8. The molecule has 1 saturated carbocycles. The molecule has 4 rings (SSSR count). The van der Waals surface area contributed by atoms with Crippen LogP contribution in [0.2, 0.25) is 0 Å². The molecule has 1 amide bonds. The van der Waals surface area contributed by atoms with Crippen molar-refractivity contribution in [3.05, 3.63) is 46.6 Å². The first-order valence-corrected chi connectivity index (χ1v) is 9.84. The highest BCUT2D eigenvalue weighted by molar-refractivity contribution is 7.20. The lowest BCUT2D eigenvalue weighted by Crippen LogP contribution is -2.26. The second-order valence-electron chi connectivity index (χ2n) is 6.85. The monoisotopic (exact) mass is 382 g/mol. The van der Waals surface area contributed by atoms with Crippen LogP contribution in [0.4, 0.5) is 5.82 Å². The van der Waals surface area contributed by atoms with E-state index < -0.39 is 0 Å². The third kappa shape index (κ3) is 3.60. The Bertz CT molecular complexity index is 980. The predicted octanol–water partition coefficient (Wildman–Crippen LogP) is 4.07. The number of ether oxygens (including phenoxy) is 1. The Labute approximate surface area is 162 Å². The summed E-state index contributed by atoms with van der Waals surface area (Å²) in [5.74, 6) is 1.54. The molecular formula is C20H22N4O2S. The largest absolute Gasteiger partial charge is 0.497 e. The summed E-state index contributed by atoms with van der Waals surface area (Å²) >= 11 is 1.41. The van der Waals surface area contributed by atoms with Crippen LogP contribution in [0, 0.1) is 6.92 Å². The van der Waals surface area contributed by atoms with E-state index in [1.54, 1.807) is 13.4 Å². The van der Waals surface area contributed by atoms with Crippen LogP contribution in [-0.2, 0) is 0 Å². The van der Waals surface area contributed by atoms with Crippen LogP contribution in [-0.4, -0.2) is 29.0 Å². The van der Waals surface area contributed by atoms with Gasteiger partial charge in [0.1, 0.15) is 22.7 Å². The molecule has 1 aromatic carbocycles. The molecule has 27 heavy (non-hydrogen) atoms. The van der Waals surface area contributed by atoms with Crippen LogP contribution in [0.25, 0.3) is 10.2 Å². The number of aromatic nitrogens is 2. The zero-order chi connectivity index (χ0) is 19.0. The summed E-state index contributed by atoms with van der Waals surface area (Å²) < 4.78 is 5.19. The van der Waals surface area contributed by atoms with Gasteiger partial charge in [-0.3, -0.25) is 4.79 Å². The van der Waals surface area contributed by atoms with Crippen molar-refractivity contribution >= 4 is 33.3 Å². The molecule has 0 spiro atoms. The van der Waals surface area contributed by atoms with Crippen molar-refractivity contribution < 1.29 is 9.53 Å². The molecule has 2 aromatic heterocycles. The smallest absolute Gasteiger partial charge is 0.262 e. The SMILES string of the molecule is COc1ccc([C@H](C)NC(=O)c2sc3ncnc(NC4CC4)c3c2C)cc1. The zero-order valence-electron chi connectivity index (χ0n) is 15.6. The Balaban J connectivity index is 1.57. The second kappa shape index (κ2) is 7.15. The van der Waals surface area contributed by atoms with Crippen molar-refractivity contribution in [2.24, 2.45) is 0 Å². The highest BCUT2D eigenvalue weighted by Crippen LogP contribution is 2.35. The van der Waals surface area contributed by atoms with E-state index in [9.17, 15) is 4.79 Å². The third-order valence-electron chi connectivity index (χ3n) is 4.81. The highest BCUT2D eigenvalue weighted by atomic mass is 32.1. The number of fused-ring (bicyclic) bond motifs is 1. The van der Waals surface area contributed by atoms with E-state index in [1.807, 2.05) is 38.1 Å². The van der Waals surface area contributed by atoms with E-state index in [2.05, 4.69) is 20.6 Å². The molecule has 0 unspecified atom stereocenters. The number of anilines is 1. The fraction of sp³-hybridized carbons (Fsp3) is 0.350. The molecule has 6 nitrogen and oxygen atoms in total. The Hall–Kier alpha value is -2.67. The van der Waals surface area contributed by atoms with Crippen molar-refractivity contribution in [2.45, 2.75) is 38.8 Å². The molecule has 1 atom stereocenters. The van der Waals surface area contributed by atoms with E-state index >= 15 is 0 Å². The van der Waals surface area contributed by atoms with Crippen LogP contribution < -0.4 is 15.4 Å². The molecule has 0 aliphatic heterocycles. The second-order valence-corrected chi connectivity index (χ2v) is 7.84. The minimum absolute atomic E-state index is 0.0869. The molecule has 2 N–H and O–H groups in total. The Morgan fingerprint density at radius 1 is 1.26 bits per heavy atom. The lowest BCUT2D eigenvalue weighted by Gasteiger charge is -2.14.